The molecule has 3 heterocycles. The normalized spacial score (nSPS) is 11.7. The molecular weight excluding hydrogens is 433 g/mol. The fourth-order valence-corrected chi connectivity index (χ4v) is 3.60. The number of hydrogen-bond donors (Lipinski definition) is 3. The van der Waals surface area contributed by atoms with Crippen LogP contribution in [0.2, 0.25) is 0 Å². The van der Waals surface area contributed by atoms with E-state index < -0.39 is 14.6 Å². The average molecular weight is 456 g/mol. The van der Waals surface area contributed by atoms with Gasteiger partial charge in [-0.3, -0.25) is 10.4 Å². The van der Waals surface area contributed by atoms with Gasteiger partial charge in [-0.2, -0.15) is 5.10 Å². The van der Waals surface area contributed by atoms with Gasteiger partial charge in [-0.25, -0.2) is 13.7 Å². The zero-order valence-electron chi connectivity index (χ0n) is 17.3. The minimum absolute atomic E-state index is 0.239. The number of nitrogen functional groups attached to an aromatic ring is 1. The van der Waals surface area contributed by atoms with Crippen molar-refractivity contribution in [1.82, 2.24) is 14.9 Å². The maximum absolute atomic E-state index is 10.9. The fraction of sp³-hybridized carbons (Fsp3) is 0.190. The van der Waals surface area contributed by atoms with E-state index in [1.54, 1.807) is 29.1 Å². The number of phosphoric acid groups is 1. The molecule has 4 aromatic rings. The van der Waals surface area contributed by atoms with E-state index in [1.807, 2.05) is 19.4 Å². The first-order chi connectivity index (χ1) is 15.3. The number of nitrogens with zero attached hydrogens (tertiary/aromatic N) is 4. The Labute approximate surface area is 184 Å². The van der Waals surface area contributed by atoms with Crippen molar-refractivity contribution in [3.05, 3.63) is 83.4 Å². The van der Waals surface area contributed by atoms with E-state index in [2.05, 4.69) is 39.0 Å². The standard InChI is InChI=1S/C21H22N5O5P/c1-25-13-17(12-23-25)9-15-4-6-16(7-5-15)10-18-11-20(31-24-18)19-3-2-8-26(21(19)22)14-30-32(27,28)29/h2-8,11-13,22H,9-10,14H2,1H3,(H2,27,28,29)/p+1. The van der Waals surface area contributed by atoms with Gasteiger partial charge in [0, 0.05) is 32.2 Å². The Bertz CT molecular complexity index is 1260. The van der Waals surface area contributed by atoms with Crippen LogP contribution in [-0.4, -0.2) is 24.7 Å². The molecule has 4 N–H and O–H groups in total. The van der Waals surface area contributed by atoms with Crippen LogP contribution < -0.4 is 10.3 Å². The van der Waals surface area contributed by atoms with Gasteiger partial charge in [-0.1, -0.05) is 29.4 Å². The van der Waals surface area contributed by atoms with Gasteiger partial charge in [-0.05, 0) is 28.8 Å². The maximum atomic E-state index is 10.9. The summed E-state index contributed by atoms with van der Waals surface area (Å²) in [5.41, 5.74) is 10.9. The number of nitrogens with two attached hydrogens (primary N) is 1. The van der Waals surface area contributed by atoms with E-state index in [-0.39, 0.29) is 5.82 Å². The molecule has 166 valence electrons. The summed E-state index contributed by atoms with van der Waals surface area (Å²) in [5, 5.41) is 8.32. The van der Waals surface area contributed by atoms with E-state index in [1.165, 1.54) is 10.1 Å². The van der Waals surface area contributed by atoms with Crippen LogP contribution in [0.3, 0.4) is 0 Å². The highest BCUT2D eigenvalue weighted by Gasteiger charge is 2.20. The molecule has 0 fully saturated rings. The van der Waals surface area contributed by atoms with Gasteiger partial charge in [0.05, 0.1) is 18.1 Å². The van der Waals surface area contributed by atoms with Crippen LogP contribution in [0.4, 0.5) is 5.82 Å². The Balaban J connectivity index is 1.44. The van der Waals surface area contributed by atoms with Crippen molar-refractivity contribution in [3.8, 4) is 11.3 Å². The van der Waals surface area contributed by atoms with Gasteiger partial charge in [0.2, 0.25) is 6.73 Å². The third-order valence-electron chi connectivity index (χ3n) is 4.88. The molecular formula is C21H23N5O5P+. The van der Waals surface area contributed by atoms with Crippen molar-refractivity contribution < 1.29 is 28.0 Å². The summed E-state index contributed by atoms with van der Waals surface area (Å²) in [6.45, 7) is -0.393. The molecule has 0 spiro atoms. The van der Waals surface area contributed by atoms with Crippen LogP contribution in [0.1, 0.15) is 22.4 Å². The number of phosphoric ester groups is 1. The first-order valence-electron chi connectivity index (χ1n) is 9.76. The zero-order chi connectivity index (χ0) is 22.7. The van der Waals surface area contributed by atoms with Crippen molar-refractivity contribution in [3.63, 3.8) is 0 Å². The number of anilines is 1. The molecule has 0 radical (unpaired) electrons. The first kappa shape index (κ1) is 21.9. The lowest BCUT2D eigenvalue weighted by molar-refractivity contribution is -0.711. The smallest absolute Gasteiger partial charge is 0.356 e. The van der Waals surface area contributed by atoms with Crippen molar-refractivity contribution in [2.45, 2.75) is 19.6 Å². The zero-order valence-corrected chi connectivity index (χ0v) is 18.2. The second-order valence-electron chi connectivity index (χ2n) is 7.40. The predicted octanol–water partition coefficient (Wildman–Crippen LogP) is 2.19. The molecule has 0 saturated carbocycles. The van der Waals surface area contributed by atoms with E-state index in [4.69, 9.17) is 20.0 Å². The van der Waals surface area contributed by atoms with Crippen molar-refractivity contribution in [2.75, 3.05) is 5.73 Å². The quantitative estimate of drug-likeness (QED) is 0.271. The van der Waals surface area contributed by atoms with Gasteiger partial charge < -0.3 is 14.3 Å². The number of benzene rings is 1. The molecule has 0 aliphatic heterocycles. The Hall–Kier alpha value is -3.30. The number of aryl methyl sites for hydroxylation is 1. The molecule has 10 nitrogen and oxygen atoms in total. The molecule has 0 amide bonds. The van der Waals surface area contributed by atoms with Gasteiger partial charge >= 0.3 is 7.82 Å². The number of pyridine rings is 1. The summed E-state index contributed by atoms with van der Waals surface area (Å²) in [7, 11) is -2.71. The van der Waals surface area contributed by atoms with Gasteiger partial charge in [-0.15, -0.1) is 0 Å². The molecule has 0 unspecified atom stereocenters. The Morgan fingerprint density at radius 3 is 2.53 bits per heavy atom. The fourth-order valence-electron chi connectivity index (χ4n) is 3.33. The molecule has 32 heavy (non-hydrogen) atoms. The largest absolute Gasteiger partial charge is 0.472 e. The van der Waals surface area contributed by atoms with Gasteiger partial charge in [0.1, 0.15) is 5.56 Å². The van der Waals surface area contributed by atoms with Crippen LogP contribution in [-0.2, 0) is 35.7 Å². The Morgan fingerprint density at radius 1 is 1.16 bits per heavy atom. The third kappa shape index (κ3) is 5.49. The summed E-state index contributed by atoms with van der Waals surface area (Å²) >= 11 is 0. The highest BCUT2D eigenvalue weighted by Crippen LogP contribution is 2.35. The lowest BCUT2D eigenvalue weighted by atomic mass is 10.0. The highest BCUT2D eigenvalue weighted by molar-refractivity contribution is 7.46. The second-order valence-corrected chi connectivity index (χ2v) is 8.64. The van der Waals surface area contributed by atoms with Crippen molar-refractivity contribution in [1.29, 1.82) is 0 Å². The number of rotatable bonds is 8. The SMILES string of the molecule is Cn1cc(Cc2ccc(Cc3cc(-c4ccc[n+](COP(=O)(O)O)c4N)on3)cc2)cn1. The summed E-state index contributed by atoms with van der Waals surface area (Å²) in [5.74, 6) is 0.694. The van der Waals surface area contributed by atoms with Crippen molar-refractivity contribution in [2.24, 2.45) is 7.05 Å². The van der Waals surface area contributed by atoms with Gasteiger partial charge in [0.25, 0.3) is 5.82 Å². The topological polar surface area (TPSA) is 141 Å². The molecule has 0 atom stereocenters. The minimum atomic E-state index is -4.61. The second kappa shape index (κ2) is 9.05. The molecule has 0 bridgehead atoms. The first-order valence-corrected chi connectivity index (χ1v) is 11.3. The summed E-state index contributed by atoms with van der Waals surface area (Å²) in [6.07, 6.45) is 6.83. The molecule has 0 aliphatic carbocycles. The molecule has 1 aromatic carbocycles. The molecule has 11 heteroatoms. The number of hydrogen-bond acceptors (Lipinski definition) is 6. The van der Waals surface area contributed by atoms with E-state index in [0.29, 0.717) is 17.7 Å². The van der Waals surface area contributed by atoms with E-state index in [9.17, 15) is 4.57 Å². The predicted molar refractivity (Wildman–Crippen MR) is 115 cm³/mol. The Morgan fingerprint density at radius 2 is 1.88 bits per heavy atom. The third-order valence-corrected chi connectivity index (χ3v) is 5.33. The Kier molecular flexibility index (Phi) is 6.20. The lowest BCUT2D eigenvalue weighted by Crippen LogP contribution is -2.38. The molecule has 4 rings (SSSR count). The summed E-state index contributed by atoms with van der Waals surface area (Å²) in [6, 6.07) is 13.5. The van der Waals surface area contributed by atoms with Crippen molar-refractivity contribution >= 4 is 13.6 Å². The molecule has 0 saturated heterocycles. The lowest BCUT2D eigenvalue weighted by Gasteiger charge is -2.07. The molecule has 3 aromatic heterocycles. The highest BCUT2D eigenvalue weighted by atomic mass is 31.2. The summed E-state index contributed by atoms with van der Waals surface area (Å²) in [4.78, 5) is 17.8. The average Bonchev–Trinajstić information content (AvgIpc) is 3.37. The summed E-state index contributed by atoms with van der Waals surface area (Å²) < 4.78 is 24.1. The van der Waals surface area contributed by atoms with Crippen LogP contribution >= 0.6 is 7.82 Å². The number of aromatic nitrogens is 4. The van der Waals surface area contributed by atoms with Crippen LogP contribution in [0.25, 0.3) is 11.3 Å². The maximum Gasteiger partial charge on any atom is 0.472 e. The van der Waals surface area contributed by atoms with E-state index >= 15 is 0 Å². The van der Waals surface area contributed by atoms with Crippen LogP contribution in [0, 0.1) is 0 Å². The van der Waals surface area contributed by atoms with Gasteiger partial charge in [0.15, 0.2) is 5.76 Å². The monoisotopic (exact) mass is 456 g/mol. The van der Waals surface area contributed by atoms with Crippen LogP contribution in [0.5, 0.6) is 0 Å². The van der Waals surface area contributed by atoms with Crippen LogP contribution in [0.15, 0.2) is 65.6 Å². The van der Waals surface area contributed by atoms with E-state index in [0.717, 1.165) is 23.2 Å². The minimum Gasteiger partial charge on any atom is -0.356 e. The molecule has 0 aliphatic rings.